The van der Waals surface area contributed by atoms with Crippen molar-refractivity contribution in [2.75, 3.05) is 36.9 Å². The molecule has 28 heavy (non-hydrogen) atoms. The van der Waals surface area contributed by atoms with Crippen LogP contribution in [0.1, 0.15) is 16.7 Å². The molecule has 1 unspecified atom stereocenters. The van der Waals surface area contributed by atoms with Gasteiger partial charge in [0.15, 0.2) is 13.1 Å². The van der Waals surface area contributed by atoms with Crippen LogP contribution in [-0.4, -0.2) is 38.5 Å². The Morgan fingerprint density at radius 2 is 1.68 bits per heavy atom. The van der Waals surface area contributed by atoms with Gasteiger partial charge in [-0.1, -0.05) is 42.0 Å². The van der Waals surface area contributed by atoms with Crippen LogP contribution in [0, 0.1) is 20.8 Å². The van der Waals surface area contributed by atoms with Crippen molar-refractivity contribution in [3.05, 3.63) is 71.8 Å². The summed E-state index contributed by atoms with van der Waals surface area (Å²) in [6.07, 6.45) is 1.70. The lowest BCUT2D eigenvalue weighted by molar-refractivity contribution is -0.862. The smallest absolute Gasteiger partial charge is 0.282 e. The molecule has 2 rings (SSSR count). The zero-order chi connectivity index (χ0) is 20.7. The van der Waals surface area contributed by atoms with Gasteiger partial charge in [-0.15, -0.1) is 6.58 Å². The van der Waals surface area contributed by atoms with Gasteiger partial charge >= 0.3 is 0 Å². The summed E-state index contributed by atoms with van der Waals surface area (Å²) in [6.45, 7) is 10.6. The minimum Gasteiger partial charge on any atom is -0.322 e. The average Bonchev–Trinajstić information content (AvgIpc) is 2.63. The summed E-state index contributed by atoms with van der Waals surface area (Å²) in [4.78, 5) is 27.8. The van der Waals surface area contributed by atoms with Crippen LogP contribution in [0.4, 0.5) is 11.4 Å². The van der Waals surface area contributed by atoms with Crippen molar-refractivity contribution >= 4 is 23.2 Å². The highest BCUT2D eigenvalue weighted by molar-refractivity contribution is 5.95. The average molecular weight is 381 g/mol. The number of amides is 2. The lowest BCUT2D eigenvalue weighted by atomic mass is 10.1. The topological polar surface area (TPSA) is 53.9 Å². The molecule has 5 heteroatoms. The summed E-state index contributed by atoms with van der Waals surface area (Å²) in [5.74, 6) is -0.144. The Morgan fingerprint density at radius 3 is 2.25 bits per heavy atom. The molecule has 1 atom stereocenters. The predicted octanol–water partition coefficient (Wildman–Crippen LogP) is 2.28. The first-order chi connectivity index (χ1) is 13.3. The summed E-state index contributed by atoms with van der Waals surface area (Å²) >= 11 is 0. The molecule has 148 valence electrons. The number of quaternary nitrogens is 1. The third kappa shape index (κ3) is 5.79. The van der Waals surface area contributed by atoms with Gasteiger partial charge in [0.05, 0.1) is 7.05 Å². The highest BCUT2D eigenvalue weighted by Crippen LogP contribution is 2.21. The van der Waals surface area contributed by atoms with Crippen molar-refractivity contribution in [1.82, 2.24) is 0 Å². The lowest BCUT2D eigenvalue weighted by Gasteiger charge is -2.23. The second-order valence-electron chi connectivity index (χ2n) is 7.26. The summed E-state index contributed by atoms with van der Waals surface area (Å²) < 4.78 is 0. The zero-order valence-electron chi connectivity index (χ0n) is 17.2. The molecule has 2 aromatic rings. The van der Waals surface area contributed by atoms with Gasteiger partial charge in [0.25, 0.3) is 11.8 Å². The molecular formula is C23H30N3O2+. The molecule has 2 aromatic carbocycles. The molecule has 0 aliphatic carbocycles. The van der Waals surface area contributed by atoms with Crippen molar-refractivity contribution in [2.45, 2.75) is 20.8 Å². The molecule has 0 aliphatic heterocycles. The number of hydrogen-bond donors (Lipinski definition) is 2. The number of aryl methyl sites for hydroxylation is 3. The number of rotatable bonds is 8. The first-order valence-electron chi connectivity index (χ1n) is 9.47. The normalized spacial score (nSPS) is 11.6. The van der Waals surface area contributed by atoms with Crippen LogP contribution in [0.5, 0.6) is 0 Å². The maximum atomic E-state index is 12.8. The monoisotopic (exact) mass is 380 g/mol. The van der Waals surface area contributed by atoms with Gasteiger partial charge in [-0.3, -0.25) is 9.59 Å². The molecule has 0 spiro atoms. The quantitative estimate of drug-likeness (QED) is 0.691. The van der Waals surface area contributed by atoms with Crippen molar-refractivity contribution in [2.24, 2.45) is 0 Å². The minimum atomic E-state index is -0.102. The number of carbonyl (C=O) groups excluding carboxylic acids is 2. The van der Waals surface area contributed by atoms with Gasteiger partial charge in [0.1, 0.15) is 0 Å². The number of nitrogens with zero attached hydrogens (tertiary/aromatic N) is 1. The third-order valence-electron chi connectivity index (χ3n) is 4.54. The SMILES string of the molecule is C=CCN(C(=O)C[NH+](C)CC(=O)Nc1c(C)cc(C)cc1C)c1ccccc1. The Hall–Kier alpha value is -2.92. The molecule has 0 aromatic heterocycles. The fourth-order valence-electron chi connectivity index (χ4n) is 3.34. The third-order valence-corrected chi connectivity index (χ3v) is 4.54. The highest BCUT2D eigenvalue weighted by Gasteiger charge is 2.20. The Labute approximate surface area is 167 Å². The lowest BCUT2D eigenvalue weighted by Crippen LogP contribution is -3.11. The van der Waals surface area contributed by atoms with Gasteiger partial charge in [0, 0.05) is 17.9 Å². The second-order valence-corrected chi connectivity index (χ2v) is 7.26. The van der Waals surface area contributed by atoms with E-state index in [0.29, 0.717) is 6.54 Å². The summed E-state index contributed by atoms with van der Waals surface area (Å²) in [6, 6.07) is 13.6. The molecule has 0 fully saturated rings. The van der Waals surface area contributed by atoms with E-state index in [1.165, 1.54) is 5.56 Å². The standard InChI is InChI=1S/C23H29N3O2/c1-6-12-26(20-10-8-7-9-11-20)22(28)16-25(5)15-21(27)24-23-18(3)13-17(2)14-19(23)4/h6-11,13-14H,1,12,15-16H2,2-5H3,(H,24,27)/p+1. The number of nitrogens with one attached hydrogen (secondary N) is 2. The van der Waals surface area contributed by atoms with E-state index in [9.17, 15) is 9.59 Å². The van der Waals surface area contributed by atoms with Gasteiger partial charge < -0.3 is 15.1 Å². The fourth-order valence-corrected chi connectivity index (χ4v) is 3.34. The number of likely N-dealkylation sites (N-methyl/N-ethyl adjacent to an activating group) is 1. The second kappa shape index (κ2) is 9.85. The van der Waals surface area contributed by atoms with Crippen LogP contribution in [0.2, 0.25) is 0 Å². The van der Waals surface area contributed by atoms with Crippen LogP contribution >= 0.6 is 0 Å². The molecule has 0 saturated carbocycles. The molecule has 0 saturated heterocycles. The fraction of sp³-hybridized carbons (Fsp3) is 0.304. The highest BCUT2D eigenvalue weighted by atomic mass is 16.2. The molecule has 2 amide bonds. The van der Waals surface area contributed by atoms with E-state index in [1.807, 2.05) is 58.2 Å². The number of carbonyl (C=O) groups is 2. The Kier molecular flexibility index (Phi) is 7.52. The van der Waals surface area contributed by atoms with Crippen LogP contribution < -0.4 is 15.1 Å². The largest absolute Gasteiger partial charge is 0.322 e. The molecule has 0 heterocycles. The molecule has 5 nitrogen and oxygen atoms in total. The van der Waals surface area contributed by atoms with E-state index in [4.69, 9.17) is 0 Å². The van der Waals surface area contributed by atoms with E-state index in [0.717, 1.165) is 27.4 Å². The van der Waals surface area contributed by atoms with E-state index in [1.54, 1.807) is 11.0 Å². The van der Waals surface area contributed by atoms with Crippen molar-refractivity contribution in [1.29, 1.82) is 0 Å². The van der Waals surface area contributed by atoms with E-state index < -0.39 is 0 Å². The Balaban J connectivity index is 1.98. The van der Waals surface area contributed by atoms with Gasteiger partial charge in [-0.25, -0.2) is 0 Å². The van der Waals surface area contributed by atoms with Crippen LogP contribution in [0.15, 0.2) is 55.1 Å². The van der Waals surface area contributed by atoms with Crippen molar-refractivity contribution in [3.63, 3.8) is 0 Å². The molecular weight excluding hydrogens is 350 g/mol. The maximum absolute atomic E-state index is 12.8. The van der Waals surface area contributed by atoms with E-state index in [-0.39, 0.29) is 24.9 Å². The molecule has 0 bridgehead atoms. The first-order valence-corrected chi connectivity index (χ1v) is 9.47. The number of hydrogen-bond acceptors (Lipinski definition) is 2. The predicted molar refractivity (Wildman–Crippen MR) is 115 cm³/mol. The van der Waals surface area contributed by atoms with E-state index >= 15 is 0 Å². The summed E-state index contributed by atoms with van der Waals surface area (Å²) in [7, 11) is 1.85. The minimum absolute atomic E-state index is 0.0425. The number of anilines is 2. The van der Waals surface area contributed by atoms with Crippen molar-refractivity contribution in [3.8, 4) is 0 Å². The van der Waals surface area contributed by atoms with Crippen LogP contribution in [0.3, 0.4) is 0 Å². The van der Waals surface area contributed by atoms with E-state index in [2.05, 4.69) is 24.0 Å². The van der Waals surface area contributed by atoms with Crippen molar-refractivity contribution < 1.29 is 14.5 Å². The van der Waals surface area contributed by atoms with Gasteiger partial charge in [-0.05, 0) is 44.0 Å². The first kappa shape index (κ1) is 21.4. The number of para-hydroxylation sites is 1. The zero-order valence-corrected chi connectivity index (χ0v) is 17.2. The Morgan fingerprint density at radius 1 is 1.07 bits per heavy atom. The van der Waals surface area contributed by atoms with Gasteiger partial charge in [0.2, 0.25) is 0 Å². The summed E-state index contributed by atoms with van der Waals surface area (Å²) in [5.41, 5.74) is 4.94. The van der Waals surface area contributed by atoms with Gasteiger partial charge in [-0.2, -0.15) is 0 Å². The molecule has 0 radical (unpaired) electrons. The number of benzene rings is 2. The van der Waals surface area contributed by atoms with Crippen LogP contribution in [0.25, 0.3) is 0 Å². The summed E-state index contributed by atoms with van der Waals surface area (Å²) in [5, 5.41) is 3.00. The molecule has 2 N–H and O–H groups in total. The van der Waals surface area contributed by atoms with Crippen LogP contribution in [-0.2, 0) is 9.59 Å². The maximum Gasteiger partial charge on any atom is 0.282 e. The molecule has 0 aliphatic rings. The Bertz CT molecular complexity index is 823.